The first-order valence-corrected chi connectivity index (χ1v) is 6.91. The predicted octanol–water partition coefficient (Wildman–Crippen LogP) is 2.66. The normalized spacial score (nSPS) is 11.9. The van der Waals surface area contributed by atoms with E-state index >= 15 is 0 Å². The monoisotopic (exact) mass is 260 g/mol. The largest absolute Gasteiger partial charge is 0.399 e. The van der Waals surface area contributed by atoms with Gasteiger partial charge in [0.25, 0.3) is 0 Å². The minimum Gasteiger partial charge on any atom is -0.399 e. The Morgan fingerprint density at radius 1 is 1.37 bits per heavy atom. The summed E-state index contributed by atoms with van der Waals surface area (Å²) in [5, 5.41) is 0. The van der Waals surface area contributed by atoms with Crippen molar-refractivity contribution in [1.29, 1.82) is 0 Å². The van der Waals surface area contributed by atoms with E-state index in [1.54, 1.807) is 0 Å². The molecule has 1 aromatic heterocycles. The van der Waals surface area contributed by atoms with Crippen LogP contribution in [0, 0.1) is 6.92 Å². The summed E-state index contributed by atoms with van der Waals surface area (Å²) in [6.07, 6.45) is 1.13. The molecule has 2 aromatic rings. The van der Waals surface area contributed by atoms with E-state index in [9.17, 15) is 0 Å². The van der Waals surface area contributed by atoms with Gasteiger partial charge in [-0.05, 0) is 59.0 Å². The first-order valence-electron chi connectivity index (χ1n) is 6.91. The van der Waals surface area contributed by atoms with Crippen LogP contribution in [0.25, 0.3) is 11.0 Å². The number of nitrogens with zero attached hydrogens (tertiary/aromatic N) is 3. The van der Waals surface area contributed by atoms with Gasteiger partial charge in [-0.25, -0.2) is 4.98 Å². The number of aromatic nitrogens is 2. The summed E-state index contributed by atoms with van der Waals surface area (Å²) in [4.78, 5) is 6.94. The molecule has 2 N–H and O–H groups in total. The lowest BCUT2D eigenvalue weighted by Gasteiger charge is -2.21. The molecule has 0 aliphatic carbocycles. The third kappa shape index (κ3) is 3.07. The Morgan fingerprint density at radius 2 is 2.11 bits per heavy atom. The van der Waals surface area contributed by atoms with Crippen LogP contribution in [0.5, 0.6) is 0 Å². The van der Waals surface area contributed by atoms with Crippen LogP contribution in [0.4, 0.5) is 5.69 Å². The maximum absolute atomic E-state index is 5.80. The highest BCUT2D eigenvalue weighted by atomic mass is 15.1. The van der Waals surface area contributed by atoms with E-state index in [1.807, 2.05) is 12.1 Å². The maximum atomic E-state index is 5.80. The topological polar surface area (TPSA) is 47.1 Å². The Morgan fingerprint density at radius 3 is 2.79 bits per heavy atom. The van der Waals surface area contributed by atoms with Crippen molar-refractivity contribution in [3.63, 3.8) is 0 Å². The number of hydrogen-bond acceptors (Lipinski definition) is 3. The number of anilines is 1. The molecule has 4 heteroatoms. The molecule has 0 fully saturated rings. The highest BCUT2D eigenvalue weighted by Gasteiger charge is 2.08. The molecule has 0 spiro atoms. The molecular formula is C15H24N4. The van der Waals surface area contributed by atoms with Crippen molar-refractivity contribution >= 4 is 16.7 Å². The van der Waals surface area contributed by atoms with Gasteiger partial charge in [0.1, 0.15) is 5.82 Å². The SMILES string of the molecule is Cc1nc2cc(N)ccc2n1CCCN(C)C(C)C. The predicted molar refractivity (Wildman–Crippen MR) is 81.3 cm³/mol. The van der Waals surface area contributed by atoms with E-state index < -0.39 is 0 Å². The van der Waals surface area contributed by atoms with Crippen LogP contribution in [0.1, 0.15) is 26.1 Å². The second kappa shape index (κ2) is 5.61. The van der Waals surface area contributed by atoms with Crippen molar-refractivity contribution in [1.82, 2.24) is 14.5 Å². The van der Waals surface area contributed by atoms with Crippen LogP contribution in [0.3, 0.4) is 0 Å². The smallest absolute Gasteiger partial charge is 0.106 e. The average Bonchev–Trinajstić information content (AvgIpc) is 2.64. The molecule has 0 bridgehead atoms. The first-order chi connectivity index (χ1) is 8.99. The molecule has 1 heterocycles. The van der Waals surface area contributed by atoms with E-state index in [1.165, 1.54) is 5.52 Å². The van der Waals surface area contributed by atoms with E-state index in [0.29, 0.717) is 6.04 Å². The molecule has 0 atom stereocenters. The van der Waals surface area contributed by atoms with Crippen LogP contribution < -0.4 is 5.73 Å². The van der Waals surface area contributed by atoms with Gasteiger partial charge in [0, 0.05) is 18.3 Å². The second-order valence-electron chi connectivity index (χ2n) is 5.49. The van der Waals surface area contributed by atoms with Crippen LogP contribution in [0.15, 0.2) is 18.2 Å². The number of benzene rings is 1. The summed E-state index contributed by atoms with van der Waals surface area (Å²) in [6, 6.07) is 6.55. The van der Waals surface area contributed by atoms with Crippen LogP contribution >= 0.6 is 0 Å². The van der Waals surface area contributed by atoms with Gasteiger partial charge < -0.3 is 15.2 Å². The number of hydrogen-bond donors (Lipinski definition) is 1. The fourth-order valence-electron chi connectivity index (χ4n) is 2.29. The van der Waals surface area contributed by atoms with Crippen molar-refractivity contribution in [2.75, 3.05) is 19.3 Å². The van der Waals surface area contributed by atoms with E-state index in [0.717, 1.165) is 36.5 Å². The van der Waals surface area contributed by atoms with Crippen LogP contribution in [0.2, 0.25) is 0 Å². The van der Waals surface area contributed by atoms with Gasteiger partial charge >= 0.3 is 0 Å². The van der Waals surface area contributed by atoms with Crippen LogP contribution in [-0.2, 0) is 6.54 Å². The third-order valence-corrected chi connectivity index (χ3v) is 3.74. The summed E-state index contributed by atoms with van der Waals surface area (Å²) < 4.78 is 2.28. The van der Waals surface area contributed by atoms with Gasteiger partial charge in [-0.2, -0.15) is 0 Å². The lowest BCUT2D eigenvalue weighted by Crippen LogP contribution is -2.27. The molecule has 0 radical (unpaired) electrons. The van der Waals surface area contributed by atoms with E-state index in [4.69, 9.17) is 5.73 Å². The van der Waals surface area contributed by atoms with Crippen molar-refractivity contribution < 1.29 is 0 Å². The molecule has 0 saturated carbocycles. The molecule has 1 aromatic carbocycles. The molecule has 104 valence electrons. The molecule has 0 unspecified atom stereocenters. The van der Waals surface area contributed by atoms with Crippen LogP contribution in [-0.4, -0.2) is 34.1 Å². The Labute approximate surface area is 115 Å². The average molecular weight is 260 g/mol. The minimum absolute atomic E-state index is 0.598. The summed E-state index contributed by atoms with van der Waals surface area (Å²) in [7, 11) is 2.17. The van der Waals surface area contributed by atoms with Gasteiger partial charge in [0.05, 0.1) is 11.0 Å². The number of aryl methyl sites for hydroxylation is 2. The number of nitrogens with two attached hydrogens (primary N) is 1. The fourth-order valence-corrected chi connectivity index (χ4v) is 2.29. The molecular weight excluding hydrogens is 236 g/mol. The molecule has 4 nitrogen and oxygen atoms in total. The van der Waals surface area contributed by atoms with E-state index in [2.05, 4.69) is 48.3 Å². The zero-order chi connectivity index (χ0) is 14.0. The quantitative estimate of drug-likeness (QED) is 0.841. The Kier molecular flexibility index (Phi) is 4.10. The Hall–Kier alpha value is -1.55. The molecule has 0 aliphatic rings. The first kappa shape index (κ1) is 13.9. The van der Waals surface area contributed by atoms with Gasteiger partial charge in [0.2, 0.25) is 0 Å². The molecule has 0 saturated heterocycles. The minimum atomic E-state index is 0.598. The number of fused-ring (bicyclic) bond motifs is 1. The molecule has 0 aliphatic heterocycles. The van der Waals surface area contributed by atoms with Gasteiger partial charge in [0.15, 0.2) is 0 Å². The van der Waals surface area contributed by atoms with Crippen molar-refractivity contribution in [2.24, 2.45) is 0 Å². The maximum Gasteiger partial charge on any atom is 0.106 e. The van der Waals surface area contributed by atoms with Gasteiger partial charge in [-0.1, -0.05) is 0 Å². The zero-order valence-corrected chi connectivity index (χ0v) is 12.3. The summed E-state index contributed by atoms with van der Waals surface area (Å²) in [5.41, 5.74) is 8.75. The van der Waals surface area contributed by atoms with E-state index in [-0.39, 0.29) is 0 Å². The summed E-state index contributed by atoms with van der Waals surface area (Å²) >= 11 is 0. The molecule has 0 amide bonds. The highest BCUT2D eigenvalue weighted by Crippen LogP contribution is 2.19. The van der Waals surface area contributed by atoms with Crippen molar-refractivity contribution in [3.05, 3.63) is 24.0 Å². The van der Waals surface area contributed by atoms with Gasteiger partial charge in [-0.15, -0.1) is 0 Å². The number of imidazole rings is 1. The molecule has 2 rings (SSSR count). The number of rotatable bonds is 5. The zero-order valence-electron chi connectivity index (χ0n) is 12.3. The highest BCUT2D eigenvalue weighted by molar-refractivity contribution is 5.79. The second-order valence-corrected chi connectivity index (χ2v) is 5.49. The number of nitrogen functional groups attached to an aromatic ring is 1. The fraction of sp³-hybridized carbons (Fsp3) is 0.533. The van der Waals surface area contributed by atoms with Gasteiger partial charge in [-0.3, -0.25) is 0 Å². The van der Waals surface area contributed by atoms with Crippen molar-refractivity contribution in [2.45, 2.75) is 39.8 Å². The Bertz CT molecular complexity index is 557. The summed E-state index contributed by atoms with van der Waals surface area (Å²) in [6.45, 7) is 8.61. The third-order valence-electron chi connectivity index (χ3n) is 3.74. The lowest BCUT2D eigenvalue weighted by molar-refractivity contribution is 0.265. The molecule has 19 heavy (non-hydrogen) atoms. The Balaban J connectivity index is 2.10. The standard InChI is InChI=1S/C15H24N4/c1-11(2)18(4)8-5-9-19-12(3)17-14-10-13(16)6-7-15(14)19/h6-7,10-11H,5,8-9,16H2,1-4H3. The summed E-state index contributed by atoms with van der Waals surface area (Å²) in [5.74, 6) is 1.06. The lowest BCUT2D eigenvalue weighted by atomic mass is 10.2. The van der Waals surface area contributed by atoms with Crippen molar-refractivity contribution in [3.8, 4) is 0 Å².